The molecule has 1 aromatic carbocycles. The van der Waals surface area contributed by atoms with Gasteiger partial charge in [0.2, 0.25) is 0 Å². The second kappa shape index (κ2) is 8.49. The lowest BCUT2D eigenvalue weighted by molar-refractivity contribution is 0.102. The van der Waals surface area contributed by atoms with E-state index in [0.29, 0.717) is 23.9 Å². The van der Waals surface area contributed by atoms with Crippen molar-refractivity contribution in [3.05, 3.63) is 71.1 Å². The second-order valence-corrected chi connectivity index (χ2v) is 6.23. The lowest BCUT2D eigenvalue weighted by atomic mass is 10.0. The zero-order valence-electron chi connectivity index (χ0n) is 15.9. The van der Waals surface area contributed by atoms with Gasteiger partial charge in [0.05, 0.1) is 12.8 Å². The summed E-state index contributed by atoms with van der Waals surface area (Å²) in [5, 5.41) is 6.21. The molecule has 3 rings (SSSR count). The average Bonchev–Trinajstić information content (AvgIpc) is 3.19. The molecule has 0 aliphatic rings. The molecule has 27 heavy (non-hydrogen) atoms. The maximum atomic E-state index is 12.8. The second-order valence-electron chi connectivity index (χ2n) is 6.23. The van der Waals surface area contributed by atoms with Gasteiger partial charge in [-0.2, -0.15) is 0 Å². The van der Waals surface area contributed by atoms with Crippen LogP contribution in [0.4, 0.5) is 11.5 Å². The number of aromatic nitrogens is 2. The van der Waals surface area contributed by atoms with Gasteiger partial charge in [0.1, 0.15) is 23.1 Å². The molecule has 0 aliphatic carbocycles. The number of anilines is 2. The molecule has 0 fully saturated rings. The molecule has 0 saturated heterocycles. The van der Waals surface area contributed by atoms with Crippen molar-refractivity contribution >= 4 is 17.4 Å². The Morgan fingerprint density at radius 3 is 2.44 bits per heavy atom. The quantitative estimate of drug-likeness (QED) is 0.651. The van der Waals surface area contributed by atoms with Crippen molar-refractivity contribution in [2.24, 2.45) is 0 Å². The summed E-state index contributed by atoms with van der Waals surface area (Å²) in [6.07, 6.45) is 3.32. The van der Waals surface area contributed by atoms with Crippen LogP contribution in [0.25, 0.3) is 0 Å². The molecule has 0 bridgehead atoms. The monoisotopic (exact) mass is 364 g/mol. The van der Waals surface area contributed by atoms with Crippen LogP contribution in [0.2, 0.25) is 0 Å². The highest BCUT2D eigenvalue weighted by Gasteiger charge is 2.14. The first-order valence-electron chi connectivity index (χ1n) is 9.14. The Bertz CT molecular complexity index is 898. The van der Waals surface area contributed by atoms with Gasteiger partial charge in [0.15, 0.2) is 0 Å². The minimum atomic E-state index is -0.239. The number of carbonyl (C=O) groups is 1. The Labute approximate surface area is 159 Å². The van der Waals surface area contributed by atoms with E-state index in [2.05, 4.69) is 34.4 Å². The third-order valence-electron chi connectivity index (χ3n) is 4.33. The van der Waals surface area contributed by atoms with E-state index in [1.807, 2.05) is 30.3 Å². The lowest BCUT2D eigenvalue weighted by Gasteiger charge is -2.14. The summed E-state index contributed by atoms with van der Waals surface area (Å²) in [4.78, 5) is 21.5. The van der Waals surface area contributed by atoms with Crippen LogP contribution in [0.1, 0.15) is 47.0 Å². The molecule has 2 aromatic heterocycles. The molecule has 0 spiro atoms. The van der Waals surface area contributed by atoms with E-state index < -0.39 is 0 Å². The van der Waals surface area contributed by atoms with E-state index in [1.54, 1.807) is 19.3 Å². The number of amides is 1. The van der Waals surface area contributed by atoms with Crippen molar-refractivity contribution in [2.45, 2.75) is 40.2 Å². The summed E-state index contributed by atoms with van der Waals surface area (Å²) in [5.74, 6) is 1.67. The summed E-state index contributed by atoms with van der Waals surface area (Å²) in [7, 11) is 0. The summed E-state index contributed by atoms with van der Waals surface area (Å²) in [5.41, 5.74) is 3.44. The van der Waals surface area contributed by atoms with Crippen LogP contribution in [-0.4, -0.2) is 15.9 Å². The first-order chi connectivity index (χ1) is 13.1. The molecular formula is C21H24N4O2. The van der Waals surface area contributed by atoms with E-state index in [0.717, 1.165) is 35.4 Å². The Kier molecular flexibility index (Phi) is 5.86. The zero-order valence-corrected chi connectivity index (χ0v) is 15.9. The van der Waals surface area contributed by atoms with Gasteiger partial charge in [-0.3, -0.25) is 4.79 Å². The molecule has 6 nitrogen and oxygen atoms in total. The van der Waals surface area contributed by atoms with Gasteiger partial charge in [0.25, 0.3) is 5.91 Å². The highest BCUT2D eigenvalue weighted by molar-refractivity contribution is 6.04. The average molecular weight is 364 g/mol. The molecule has 0 atom stereocenters. The number of aryl methyl sites for hydroxylation is 3. The van der Waals surface area contributed by atoms with Crippen LogP contribution < -0.4 is 10.6 Å². The summed E-state index contributed by atoms with van der Waals surface area (Å²) >= 11 is 0. The molecule has 0 saturated carbocycles. The van der Waals surface area contributed by atoms with Crippen molar-refractivity contribution in [1.29, 1.82) is 0 Å². The van der Waals surface area contributed by atoms with E-state index in [9.17, 15) is 4.79 Å². The highest BCUT2D eigenvalue weighted by Crippen LogP contribution is 2.23. The predicted molar refractivity (Wildman–Crippen MR) is 106 cm³/mol. The molecular weight excluding hydrogens is 340 g/mol. The number of benzene rings is 1. The van der Waals surface area contributed by atoms with Crippen molar-refractivity contribution in [3.63, 3.8) is 0 Å². The molecule has 0 unspecified atom stereocenters. The molecule has 140 valence electrons. The maximum absolute atomic E-state index is 12.8. The van der Waals surface area contributed by atoms with Crippen LogP contribution in [-0.2, 0) is 19.4 Å². The normalized spacial score (nSPS) is 10.6. The number of nitrogens with zero attached hydrogens (tertiary/aromatic N) is 2. The van der Waals surface area contributed by atoms with Crippen LogP contribution >= 0.6 is 0 Å². The standard InChI is InChI=1S/C21H24N4O2/c1-4-15-8-6-9-16(5-2)20(15)25-21(26)18-12-19(24-14(3)23-18)22-13-17-10-7-11-27-17/h6-12H,4-5,13H2,1-3H3,(H,25,26)(H,22,23,24). The summed E-state index contributed by atoms with van der Waals surface area (Å²) < 4.78 is 5.31. The SMILES string of the molecule is CCc1cccc(CC)c1NC(=O)c1cc(NCc2ccco2)nc(C)n1. The van der Waals surface area contributed by atoms with Crippen molar-refractivity contribution in [3.8, 4) is 0 Å². The Hall–Kier alpha value is -3.15. The van der Waals surface area contributed by atoms with E-state index >= 15 is 0 Å². The van der Waals surface area contributed by atoms with E-state index in [4.69, 9.17) is 4.42 Å². The molecule has 2 heterocycles. The largest absolute Gasteiger partial charge is 0.467 e. The predicted octanol–water partition coefficient (Wildman–Crippen LogP) is 4.37. The number of para-hydroxylation sites is 1. The topological polar surface area (TPSA) is 80.0 Å². The minimum Gasteiger partial charge on any atom is -0.467 e. The van der Waals surface area contributed by atoms with Gasteiger partial charge in [-0.05, 0) is 43.0 Å². The lowest BCUT2D eigenvalue weighted by Crippen LogP contribution is -2.18. The Morgan fingerprint density at radius 1 is 1.07 bits per heavy atom. The van der Waals surface area contributed by atoms with Crippen molar-refractivity contribution in [2.75, 3.05) is 10.6 Å². The summed E-state index contributed by atoms with van der Waals surface area (Å²) in [6, 6.07) is 11.5. The Balaban J connectivity index is 1.81. The van der Waals surface area contributed by atoms with Crippen LogP contribution in [0.15, 0.2) is 47.1 Å². The van der Waals surface area contributed by atoms with Crippen molar-refractivity contribution in [1.82, 2.24) is 9.97 Å². The molecule has 1 amide bonds. The zero-order chi connectivity index (χ0) is 19.2. The van der Waals surface area contributed by atoms with Gasteiger partial charge < -0.3 is 15.1 Å². The summed E-state index contributed by atoms with van der Waals surface area (Å²) in [6.45, 7) is 6.42. The van der Waals surface area contributed by atoms with Gasteiger partial charge in [0, 0.05) is 11.8 Å². The smallest absolute Gasteiger partial charge is 0.274 e. The van der Waals surface area contributed by atoms with Crippen molar-refractivity contribution < 1.29 is 9.21 Å². The van der Waals surface area contributed by atoms with E-state index in [1.165, 1.54) is 0 Å². The van der Waals surface area contributed by atoms with E-state index in [-0.39, 0.29) is 5.91 Å². The molecule has 3 aromatic rings. The number of hydrogen-bond acceptors (Lipinski definition) is 5. The number of nitrogens with one attached hydrogen (secondary N) is 2. The third kappa shape index (κ3) is 4.53. The number of carbonyl (C=O) groups excluding carboxylic acids is 1. The first kappa shape index (κ1) is 18.6. The van der Waals surface area contributed by atoms with Gasteiger partial charge in [-0.1, -0.05) is 32.0 Å². The molecule has 0 radical (unpaired) electrons. The highest BCUT2D eigenvalue weighted by atomic mass is 16.3. The van der Waals surface area contributed by atoms with Crippen LogP contribution in [0.5, 0.6) is 0 Å². The molecule has 2 N–H and O–H groups in total. The van der Waals surface area contributed by atoms with Crippen LogP contribution in [0, 0.1) is 6.92 Å². The fourth-order valence-corrected chi connectivity index (χ4v) is 2.95. The first-order valence-corrected chi connectivity index (χ1v) is 9.14. The Morgan fingerprint density at radius 2 is 1.81 bits per heavy atom. The fourth-order valence-electron chi connectivity index (χ4n) is 2.95. The molecule has 0 aliphatic heterocycles. The minimum absolute atomic E-state index is 0.239. The van der Waals surface area contributed by atoms with Crippen LogP contribution in [0.3, 0.4) is 0 Å². The fraction of sp³-hybridized carbons (Fsp3) is 0.286. The van der Waals surface area contributed by atoms with Gasteiger partial charge in [-0.15, -0.1) is 0 Å². The third-order valence-corrected chi connectivity index (χ3v) is 4.33. The number of hydrogen-bond donors (Lipinski definition) is 2. The number of rotatable bonds is 7. The number of furan rings is 1. The maximum Gasteiger partial charge on any atom is 0.274 e. The van der Waals surface area contributed by atoms with Gasteiger partial charge >= 0.3 is 0 Å². The molecule has 6 heteroatoms. The van der Waals surface area contributed by atoms with Gasteiger partial charge in [-0.25, -0.2) is 9.97 Å².